The average molecular weight is 459 g/mol. The Kier molecular flexibility index (Phi) is 9.23. The van der Waals surface area contributed by atoms with Crippen LogP contribution in [0.25, 0.3) is 0 Å². The van der Waals surface area contributed by atoms with Gasteiger partial charge in [0.05, 0.1) is 12.7 Å². The topological polar surface area (TPSA) is 62.2 Å². The van der Waals surface area contributed by atoms with Gasteiger partial charge >= 0.3 is 0 Å². The van der Waals surface area contributed by atoms with Gasteiger partial charge in [-0.25, -0.2) is 4.39 Å². The molecule has 2 aromatic carbocycles. The molecule has 0 spiro atoms. The van der Waals surface area contributed by atoms with Crippen LogP contribution in [-0.2, 0) is 4.74 Å². The van der Waals surface area contributed by atoms with E-state index in [0.29, 0.717) is 44.9 Å². The van der Waals surface area contributed by atoms with Crippen LogP contribution in [0.2, 0.25) is 0 Å². The Morgan fingerprint density at radius 2 is 1.97 bits per heavy atom. The standard InChI is InChI=1S/C26H35FN2O4/c1-19(2)14-29(26(31)21-8-10-22(27)11-9-21)17-24-16-28(12-13-32-24)15-23(30)18-33-25-7-5-4-6-20(25)3/h4-11,19,23-24,30H,12-18H2,1-3H3/t23-,24-/m1/s1. The summed E-state index contributed by atoms with van der Waals surface area (Å²) in [5.74, 6) is 0.573. The van der Waals surface area contributed by atoms with Crippen molar-refractivity contribution in [2.24, 2.45) is 5.92 Å². The lowest BCUT2D eigenvalue weighted by Gasteiger charge is -2.37. The molecule has 2 aromatic rings. The normalized spacial score (nSPS) is 17.7. The highest BCUT2D eigenvalue weighted by molar-refractivity contribution is 5.94. The summed E-state index contributed by atoms with van der Waals surface area (Å²) < 4.78 is 25.0. The number of carbonyl (C=O) groups excluding carboxylic acids is 1. The fourth-order valence-electron chi connectivity index (χ4n) is 4.01. The van der Waals surface area contributed by atoms with Gasteiger partial charge in [-0.05, 0) is 48.7 Å². The number of nitrogens with zero attached hydrogens (tertiary/aromatic N) is 2. The Morgan fingerprint density at radius 1 is 1.24 bits per heavy atom. The molecular formula is C26H35FN2O4. The molecule has 0 aromatic heterocycles. The van der Waals surface area contributed by atoms with Gasteiger partial charge in [-0.2, -0.15) is 0 Å². The molecule has 1 saturated heterocycles. The Hall–Kier alpha value is -2.48. The van der Waals surface area contributed by atoms with Crippen LogP contribution in [0.15, 0.2) is 48.5 Å². The number of aliphatic hydroxyl groups is 1. The smallest absolute Gasteiger partial charge is 0.253 e. The molecule has 1 aliphatic heterocycles. The largest absolute Gasteiger partial charge is 0.491 e. The minimum Gasteiger partial charge on any atom is -0.491 e. The molecule has 1 fully saturated rings. The summed E-state index contributed by atoms with van der Waals surface area (Å²) in [4.78, 5) is 17.0. The molecule has 1 N–H and O–H groups in total. The summed E-state index contributed by atoms with van der Waals surface area (Å²) in [5.41, 5.74) is 1.50. The second-order valence-electron chi connectivity index (χ2n) is 9.09. The summed E-state index contributed by atoms with van der Waals surface area (Å²) in [5, 5.41) is 10.5. The first-order valence-electron chi connectivity index (χ1n) is 11.6. The zero-order valence-corrected chi connectivity index (χ0v) is 19.7. The summed E-state index contributed by atoms with van der Waals surface area (Å²) in [6.07, 6.45) is -0.789. The van der Waals surface area contributed by atoms with E-state index in [-0.39, 0.29) is 30.4 Å². The monoisotopic (exact) mass is 458 g/mol. The number of aliphatic hydroxyl groups excluding tert-OH is 1. The number of amides is 1. The summed E-state index contributed by atoms with van der Waals surface area (Å²) in [6.45, 7) is 9.69. The predicted octanol–water partition coefficient (Wildman–Crippen LogP) is 3.37. The second-order valence-corrected chi connectivity index (χ2v) is 9.09. The molecular weight excluding hydrogens is 423 g/mol. The second kappa shape index (κ2) is 12.1. The Balaban J connectivity index is 1.54. The predicted molar refractivity (Wildman–Crippen MR) is 126 cm³/mol. The van der Waals surface area contributed by atoms with Crippen LogP contribution in [-0.4, -0.2) is 79.0 Å². The first kappa shape index (κ1) is 25.1. The zero-order chi connectivity index (χ0) is 23.8. The van der Waals surface area contributed by atoms with Gasteiger partial charge in [0.25, 0.3) is 5.91 Å². The molecule has 1 amide bonds. The molecule has 3 rings (SSSR count). The number of hydrogen-bond acceptors (Lipinski definition) is 5. The van der Waals surface area contributed by atoms with Gasteiger partial charge in [-0.3, -0.25) is 9.69 Å². The maximum Gasteiger partial charge on any atom is 0.253 e. The molecule has 0 saturated carbocycles. The molecule has 6 nitrogen and oxygen atoms in total. The highest BCUT2D eigenvalue weighted by Gasteiger charge is 2.27. The summed E-state index contributed by atoms with van der Waals surface area (Å²) >= 11 is 0. The maximum atomic E-state index is 13.3. The molecule has 0 aliphatic carbocycles. The number of benzene rings is 2. The van der Waals surface area contributed by atoms with Crippen molar-refractivity contribution in [2.75, 3.05) is 45.9 Å². The Bertz CT molecular complexity index is 890. The van der Waals surface area contributed by atoms with Crippen molar-refractivity contribution >= 4 is 5.91 Å². The van der Waals surface area contributed by atoms with Gasteiger partial charge in [0.1, 0.15) is 24.3 Å². The minimum atomic E-state index is -0.629. The van der Waals surface area contributed by atoms with E-state index in [1.54, 1.807) is 4.90 Å². The molecule has 180 valence electrons. The maximum absolute atomic E-state index is 13.3. The lowest BCUT2D eigenvalue weighted by atomic mass is 10.1. The van der Waals surface area contributed by atoms with E-state index >= 15 is 0 Å². The first-order chi connectivity index (χ1) is 15.8. The van der Waals surface area contributed by atoms with E-state index in [4.69, 9.17) is 9.47 Å². The first-order valence-corrected chi connectivity index (χ1v) is 11.6. The van der Waals surface area contributed by atoms with E-state index < -0.39 is 6.10 Å². The fraction of sp³-hybridized carbons (Fsp3) is 0.500. The van der Waals surface area contributed by atoms with E-state index in [1.165, 1.54) is 24.3 Å². The van der Waals surface area contributed by atoms with Crippen LogP contribution in [0.3, 0.4) is 0 Å². The van der Waals surface area contributed by atoms with Crippen LogP contribution in [0.4, 0.5) is 4.39 Å². The highest BCUT2D eigenvalue weighted by Crippen LogP contribution is 2.17. The Labute approximate surface area is 195 Å². The molecule has 1 heterocycles. The van der Waals surface area contributed by atoms with Gasteiger partial charge in [-0.1, -0.05) is 32.0 Å². The third-order valence-electron chi connectivity index (χ3n) is 5.60. The van der Waals surface area contributed by atoms with Crippen molar-refractivity contribution in [3.8, 4) is 5.75 Å². The number of ether oxygens (including phenoxy) is 2. The third-order valence-corrected chi connectivity index (χ3v) is 5.60. The van der Waals surface area contributed by atoms with Crippen molar-refractivity contribution in [1.29, 1.82) is 0 Å². The number of carbonyl (C=O) groups is 1. The van der Waals surface area contributed by atoms with Gasteiger partial charge in [0, 0.05) is 38.3 Å². The van der Waals surface area contributed by atoms with Crippen LogP contribution >= 0.6 is 0 Å². The quantitative estimate of drug-likeness (QED) is 0.592. The average Bonchev–Trinajstić information content (AvgIpc) is 2.78. The van der Waals surface area contributed by atoms with E-state index in [1.807, 2.05) is 31.2 Å². The molecule has 0 radical (unpaired) electrons. The van der Waals surface area contributed by atoms with Gasteiger partial charge < -0.3 is 19.5 Å². The minimum absolute atomic E-state index is 0.129. The molecule has 0 unspecified atom stereocenters. The number of aryl methyl sites for hydroxylation is 1. The van der Waals surface area contributed by atoms with Crippen LogP contribution in [0.1, 0.15) is 29.8 Å². The fourth-order valence-corrected chi connectivity index (χ4v) is 4.01. The van der Waals surface area contributed by atoms with Crippen LogP contribution < -0.4 is 4.74 Å². The van der Waals surface area contributed by atoms with Gasteiger partial charge in [-0.15, -0.1) is 0 Å². The van der Waals surface area contributed by atoms with Crippen LogP contribution in [0.5, 0.6) is 5.75 Å². The highest BCUT2D eigenvalue weighted by atomic mass is 19.1. The lowest BCUT2D eigenvalue weighted by Crippen LogP contribution is -2.51. The summed E-state index contributed by atoms with van der Waals surface area (Å²) in [6, 6.07) is 13.4. The number of morpholine rings is 1. The van der Waals surface area contributed by atoms with Crippen molar-refractivity contribution in [2.45, 2.75) is 33.0 Å². The number of halogens is 1. The van der Waals surface area contributed by atoms with Crippen LogP contribution in [0, 0.1) is 18.7 Å². The Morgan fingerprint density at radius 3 is 2.67 bits per heavy atom. The lowest BCUT2D eigenvalue weighted by molar-refractivity contribution is -0.0542. The van der Waals surface area contributed by atoms with Gasteiger partial charge in [0.2, 0.25) is 0 Å². The molecule has 33 heavy (non-hydrogen) atoms. The molecule has 1 aliphatic rings. The van der Waals surface area contributed by atoms with Gasteiger partial charge in [0.15, 0.2) is 0 Å². The number of rotatable bonds is 10. The van der Waals surface area contributed by atoms with E-state index in [2.05, 4.69) is 18.7 Å². The number of para-hydroxylation sites is 1. The van der Waals surface area contributed by atoms with Crippen molar-refractivity contribution in [3.63, 3.8) is 0 Å². The molecule has 0 bridgehead atoms. The molecule has 2 atom stereocenters. The van der Waals surface area contributed by atoms with E-state index in [0.717, 1.165) is 11.3 Å². The van der Waals surface area contributed by atoms with Crippen molar-refractivity contribution in [1.82, 2.24) is 9.80 Å². The molecule has 7 heteroatoms. The third kappa shape index (κ3) is 7.81. The number of β-amino-alcohol motifs (C(OH)–C–C–N with tert-alkyl or cyclic N) is 1. The number of hydrogen-bond donors (Lipinski definition) is 1. The zero-order valence-electron chi connectivity index (χ0n) is 19.7. The van der Waals surface area contributed by atoms with Crippen molar-refractivity contribution < 1.29 is 23.8 Å². The van der Waals surface area contributed by atoms with Crippen molar-refractivity contribution in [3.05, 3.63) is 65.5 Å². The SMILES string of the molecule is Cc1ccccc1OC[C@H](O)CN1CCO[C@@H](CN(CC(C)C)C(=O)c2ccc(F)cc2)C1. The summed E-state index contributed by atoms with van der Waals surface area (Å²) in [7, 11) is 0. The van der Waals surface area contributed by atoms with E-state index in [9.17, 15) is 14.3 Å².